The number of hydrogen-bond acceptors (Lipinski definition) is 4. The third kappa shape index (κ3) is 3.45. The standard InChI is InChI=1S/C13H14Cl2O4S/c14-5-2-1-3-11(16)10-7-9-4-6-19-13(9)12(8-10)20(15,17)18/h7-8H,1-6H2. The molecule has 0 spiro atoms. The number of carbonyl (C=O) groups is 1. The van der Waals surface area contributed by atoms with Gasteiger partial charge in [-0.1, -0.05) is 0 Å². The molecular formula is C13H14Cl2O4S. The van der Waals surface area contributed by atoms with Crippen molar-refractivity contribution in [2.75, 3.05) is 12.5 Å². The topological polar surface area (TPSA) is 60.4 Å². The van der Waals surface area contributed by atoms with Gasteiger partial charge in [-0.15, -0.1) is 11.6 Å². The SMILES string of the molecule is O=C(CCCCCl)c1cc2c(c(S(=O)(=O)Cl)c1)OCC2. The number of benzene rings is 1. The Labute approximate surface area is 127 Å². The van der Waals surface area contributed by atoms with Crippen LogP contribution >= 0.6 is 22.3 Å². The Bertz CT molecular complexity index is 626. The normalized spacial score (nSPS) is 13.9. The molecule has 4 nitrogen and oxygen atoms in total. The largest absolute Gasteiger partial charge is 0.492 e. The highest BCUT2D eigenvalue weighted by atomic mass is 35.7. The van der Waals surface area contributed by atoms with E-state index in [0.717, 1.165) is 6.42 Å². The van der Waals surface area contributed by atoms with Gasteiger partial charge in [-0.25, -0.2) is 8.42 Å². The van der Waals surface area contributed by atoms with E-state index < -0.39 is 9.05 Å². The Balaban J connectivity index is 2.34. The van der Waals surface area contributed by atoms with Crippen molar-refractivity contribution >= 4 is 37.1 Å². The highest BCUT2D eigenvalue weighted by Gasteiger charge is 2.26. The van der Waals surface area contributed by atoms with Gasteiger partial charge >= 0.3 is 0 Å². The Hall–Kier alpha value is -0.780. The number of ketones is 1. The van der Waals surface area contributed by atoms with E-state index in [1.165, 1.54) is 6.07 Å². The van der Waals surface area contributed by atoms with E-state index in [2.05, 4.69) is 0 Å². The minimum Gasteiger partial charge on any atom is -0.492 e. The predicted octanol–water partition coefficient (Wildman–Crippen LogP) is 3.14. The lowest BCUT2D eigenvalue weighted by Crippen LogP contribution is -2.03. The van der Waals surface area contributed by atoms with E-state index in [4.69, 9.17) is 27.0 Å². The fourth-order valence-electron chi connectivity index (χ4n) is 2.14. The maximum absolute atomic E-state index is 12.1. The smallest absolute Gasteiger partial charge is 0.265 e. The highest BCUT2D eigenvalue weighted by molar-refractivity contribution is 8.13. The molecule has 1 aliphatic rings. The molecule has 0 aliphatic carbocycles. The number of unbranched alkanes of at least 4 members (excludes halogenated alkanes) is 1. The van der Waals surface area contributed by atoms with Crippen LogP contribution in [0, 0.1) is 0 Å². The molecule has 110 valence electrons. The Morgan fingerprint density at radius 1 is 1.30 bits per heavy atom. The second kappa shape index (κ2) is 6.33. The molecule has 0 unspecified atom stereocenters. The van der Waals surface area contributed by atoms with E-state index >= 15 is 0 Å². The van der Waals surface area contributed by atoms with E-state index in [1.54, 1.807) is 6.07 Å². The molecule has 1 aromatic carbocycles. The van der Waals surface area contributed by atoms with Crippen LogP contribution in [0.15, 0.2) is 17.0 Å². The molecule has 1 aromatic rings. The van der Waals surface area contributed by atoms with Gasteiger partial charge in [0, 0.05) is 35.0 Å². The Morgan fingerprint density at radius 3 is 2.70 bits per heavy atom. The summed E-state index contributed by atoms with van der Waals surface area (Å²) < 4.78 is 28.5. The van der Waals surface area contributed by atoms with Crippen LogP contribution in [0.25, 0.3) is 0 Å². The number of Topliss-reactive ketones (excluding diaryl/α,β-unsaturated/α-hetero) is 1. The van der Waals surface area contributed by atoms with E-state index in [0.29, 0.717) is 42.9 Å². The van der Waals surface area contributed by atoms with Crippen LogP contribution in [0.5, 0.6) is 5.75 Å². The van der Waals surface area contributed by atoms with Crippen LogP contribution in [0.3, 0.4) is 0 Å². The van der Waals surface area contributed by atoms with Crippen LogP contribution in [-0.2, 0) is 15.5 Å². The van der Waals surface area contributed by atoms with E-state index in [-0.39, 0.29) is 16.4 Å². The van der Waals surface area contributed by atoms with Gasteiger partial charge < -0.3 is 4.74 Å². The number of ether oxygens (including phenoxy) is 1. The summed E-state index contributed by atoms with van der Waals surface area (Å²) in [5.41, 5.74) is 1.08. The minimum absolute atomic E-state index is 0.105. The summed E-state index contributed by atoms with van der Waals surface area (Å²) in [6, 6.07) is 2.99. The summed E-state index contributed by atoms with van der Waals surface area (Å²) in [5.74, 6) is 0.677. The van der Waals surface area contributed by atoms with Gasteiger partial charge in [-0.3, -0.25) is 4.79 Å². The van der Waals surface area contributed by atoms with E-state index in [9.17, 15) is 13.2 Å². The van der Waals surface area contributed by atoms with Crippen molar-refractivity contribution in [3.63, 3.8) is 0 Å². The van der Waals surface area contributed by atoms with Crippen LogP contribution in [-0.4, -0.2) is 26.7 Å². The summed E-state index contributed by atoms with van der Waals surface area (Å²) in [7, 11) is 1.47. The van der Waals surface area contributed by atoms with Crippen molar-refractivity contribution < 1.29 is 17.9 Å². The summed E-state index contributed by atoms with van der Waals surface area (Å²) >= 11 is 5.57. The van der Waals surface area contributed by atoms with Gasteiger partial charge in [0.1, 0.15) is 10.6 Å². The van der Waals surface area contributed by atoms with Crippen molar-refractivity contribution in [2.45, 2.75) is 30.6 Å². The second-order valence-electron chi connectivity index (χ2n) is 4.57. The first-order chi connectivity index (χ1) is 9.43. The monoisotopic (exact) mass is 336 g/mol. The number of carbonyl (C=O) groups excluding carboxylic acids is 1. The number of halogens is 2. The minimum atomic E-state index is -3.94. The van der Waals surface area contributed by atoms with Crippen molar-refractivity contribution in [3.8, 4) is 5.75 Å². The summed E-state index contributed by atoms with van der Waals surface area (Å²) in [5, 5.41) is 0. The zero-order valence-corrected chi connectivity index (χ0v) is 13.0. The van der Waals surface area contributed by atoms with Crippen LogP contribution in [0.4, 0.5) is 0 Å². The Morgan fingerprint density at radius 2 is 2.05 bits per heavy atom. The van der Waals surface area contributed by atoms with Gasteiger partial charge in [0.25, 0.3) is 9.05 Å². The molecule has 1 aliphatic heterocycles. The molecule has 2 rings (SSSR count). The van der Waals surface area contributed by atoms with Crippen molar-refractivity contribution in [1.29, 1.82) is 0 Å². The molecule has 0 N–H and O–H groups in total. The van der Waals surface area contributed by atoms with Crippen molar-refractivity contribution in [2.24, 2.45) is 0 Å². The van der Waals surface area contributed by atoms with Gasteiger partial charge in [-0.2, -0.15) is 0 Å². The number of alkyl halides is 1. The zero-order chi connectivity index (χ0) is 14.8. The first-order valence-corrected chi connectivity index (χ1v) is 9.11. The first kappa shape index (κ1) is 15.6. The lowest BCUT2D eigenvalue weighted by atomic mass is 10.0. The highest BCUT2D eigenvalue weighted by Crippen LogP contribution is 2.36. The molecule has 0 radical (unpaired) electrons. The van der Waals surface area contributed by atoms with Gasteiger partial charge in [0.15, 0.2) is 5.78 Å². The fraction of sp³-hybridized carbons (Fsp3) is 0.462. The second-order valence-corrected chi connectivity index (χ2v) is 7.48. The molecule has 20 heavy (non-hydrogen) atoms. The Kier molecular flexibility index (Phi) is 4.94. The number of rotatable bonds is 6. The molecule has 0 amide bonds. The summed E-state index contributed by atoms with van der Waals surface area (Å²) in [6.07, 6.45) is 2.35. The average Bonchev–Trinajstić information content (AvgIpc) is 2.84. The molecule has 7 heteroatoms. The van der Waals surface area contributed by atoms with Crippen LogP contribution < -0.4 is 4.74 Å². The summed E-state index contributed by atoms with van der Waals surface area (Å²) in [4.78, 5) is 12.0. The fourth-order valence-corrected chi connectivity index (χ4v) is 3.35. The van der Waals surface area contributed by atoms with E-state index in [1.807, 2.05) is 0 Å². The third-order valence-electron chi connectivity index (χ3n) is 3.12. The zero-order valence-electron chi connectivity index (χ0n) is 10.7. The molecule has 0 atom stereocenters. The molecule has 0 saturated carbocycles. The molecular weight excluding hydrogens is 323 g/mol. The number of fused-ring (bicyclic) bond motifs is 1. The molecule has 0 aromatic heterocycles. The third-order valence-corrected chi connectivity index (χ3v) is 4.72. The van der Waals surface area contributed by atoms with Crippen LogP contribution in [0.1, 0.15) is 35.2 Å². The molecule has 1 heterocycles. The molecule has 0 bridgehead atoms. The number of hydrogen-bond donors (Lipinski definition) is 0. The van der Waals surface area contributed by atoms with Gasteiger partial charge in [-0.05, 0) is 30.5 Å². The quantitative estimate of drug-likeness (QED) is 0.346. The first-order valence-electron chi connectivity index (χ1n) is 6.27. The predicted molar refractivity (Wildman–Crippen MR) is 77.6 cm³/mol. The average molecular weight is 337 g/mol. The van der Waals surface area contributed by atoms with Gasteiger partial charge in [0.05, 0.1) is 6.61 Å². The maximum Gasteiger partial charge on any atom is 0.265 e. The van der Waals surface area contributed by atoms with Gasteiger partial charge in [0.2, 0.25) is 0 Å². The summed E-state index contributed by atoms with van der Waals surface area (Å²) in [6.45, 7) is 0.401. The molecule has 0 saturated heterocycles. The lowest BCUT2D eigenvalue weighted by Gasteiger charge is -2.08. The van der Waals surface area contributed by atoms with Crippen molar-refractivity contribution in [3.05, 3.63) is 23.3 Å². The molecule has 0 fully saturated rings. The van der Waals surface area contributed by atoms with Crippen LogP contribution in [0.2, 0.25) is 0 Å². The van der Waals surface area contributed by atoms with Crippen molar-refractivity contribution in [1.82, 2.24) is 0 Å². The maximum atomic E-state index is 12.1. The lowest BCUT2D eigenvalue weighted by molar-refractivity contribution is 0.0979.